The second kappa shape index (κ2) is 11.7. The lowest BCUT2D eigenvalue weighted by atomic mass is 10.1. The van der Waals surface area contributed by atoms with Gasteiger partial charge in [-0.3, -0.25) is 9.59 Å². The Bertz CT molecular complexity index is 1370. The van der Waals surface area contributed by atoms with E-state index < -0.39 is 5.25 Å². The van der Waals surface area contributed by atoms with E-state index in [-0.39, 0.29) is 18.2 Å². The van der Waals surface area contributed by atoms with Crippen LogP contribution in [-0.2, 0) is 9.59 Å². The summed E-state index contributed by atoms with van der Waals surface area (Å²) < 4.78 is 6.38. The van der Waals surface area contributed by atoms with Crippen LogP contribution in [0.3, 0.4) is 0 Å². The third-order valence-electron chi connectivity index (χ3n) is 5.84. The molecule has 7 nitrogen and oxygen atoms in total. The average molecular weight is 580 g/mol. The molecule has 1 unspecified atom stereocenters. The first-order valence-electron chi connectivity index (χ1n) is 11.7. The largest absolute Gasteiger partial charge is 0.494 e. The van der Waals surface area contributed by atoms with E-state index >= 15 is 0 Å². The molecular formula is C28H27BrN4O3S. The molecule has 0 saturated carbocycles. The molecule has 2 amide bonds. The average Bonchev–Trinajstić information content (AvgIpc) is 3.15. The number of aryl methyl sites for hydroxylation is 2. The number of carbonyl (C=O) groups is 2. The molecule has 1 N–H and O–H groups in total. The molecular weight excluding hydrogens is 552 g/mol. The monoisotopic (exact) mass is 578 g/mol. The van der Waals surface area contributed by atoms with Crippen molar-refractivity contribution < 1.29 is 14.3 Å². The minimum atomic E-state index is -0.667. The fourth-order valence-corrected chi connectivity index (χ4v) is 5.18. The van der Waals surface area contributed by atoms with Gasteiger partial charge in [-0.25, -0.2) is 4.99 Å². The zero-order chi connectivity index (χ0) is 26.5. The molecule has 37 heavy (non-hydrogen) atoms. The number of aliphatic imine (C=N–C) groups is 1. The molecule has 1 atom stereocenters. The summed E-state index contributed by atoms with van der Waals surface area (Å²) in [5.41, 5.74) is 4.79. The predicted octanol–water partition coefficient (Wildman–Crippen LogP) is 6.46. The Morgan fingerprint density at radius 3 is 2.41 bits per heavy atom. The number of hydrazone groups is 1. The minimum Gasteiger partial charge on any atom is -0.494 e. The number of ether oxygens (including phenoxy) is 1. The molecule has 190 valence electrons. The van der Waals surface area contributed by atoms with Crippen molar-refractivity contribution in [1.29, 1.82) is 0 Å². The maximum atomic E-state index is 13.5. The summed E-state index contributed by atoms with van der Waals surface area (Å²) in [6.07, 6.45) is -0.00836. The van der Waals surface area contributed by atoms with Crippen LogP contribution in [0.2, 0.25) is 0 Å². The molecule has 3 aromatic rings. The van der Waals surface area contributed by atoms with Gasteiger partial charge in [0.05, 0.1) is 12.8 Å². The van der Waals surface area contributed by atoms with Crippen LogP contribution in [0, 0.1) is 13.8 Å². The third kappa shape index (κ3) is 6.29. The second-order valence-corrected chi connectivity index (χ2v) is 10.6. The number of thioether (sulfide) groups is 1. The van der Waals surface area contributed by atoms with Gasteiger partial charge in [-0.1, -0.05) is 70.2 Å². The van der Waals surface area contributed by atoms with Crippen molar-refractivity contribution in [3.8, 4) is 5.75 Å². The number of amidine groups is 1. The first-order chi connectivity index (χ1) is 17.8. The summed E-state index contributed by atoms with van der Waals surface area (Å²) in [5, 5.41) is 8.61. The van der Waals surface area contributed by atoms with Crippen LogP contribution in [0.4, 0.5) is 11.4 Å². The van der Waals surface area contributed by atoms with E-state index in [9.17, 15) is 9.59 Å². The summed E-state index contributed by atoms with van der Waals surface area (Å²) in [6, 6.07) is 20.8. The lowest BCUT2D eigenvalue weighted by Crippen LogP contribution is -2.30. The van der Waals surface area contributed by atoms with Gasteiger partial charge in [0.25, 0.3) is 5.91 Å². The van der Waals surface area contributed by atoms with Crippen LogP contribution in [-0.4, -0.2) is 40.1 Å². The minimum absolute atomic E-state index is 0.00836. The lowest BCUT2D eigenvalue weighted by Gasteiger charge is -2.13. The number of amides is 2. The van der Waals surface area contributed by atoms with Gasteiger partial charge in [0.2, 0.25) is 5.91 Å². The maximum absolute atomic E-state index is 13.5. The number of para-hydroxylation sites is 3. The summed E-state index contributed by atoms with van der Waals surface area (Å²) >= 11 is 4.66. The zero-order valence-electron chi connectivity index (χ0n) is 21.0. The summed E-state index contributed by atoms with van der Waals surface area (Å²) in [5.74, 6) is 0.0370. The molecule has 9 heteroatoms. The van der Waals surface area contributed by atoms with E-state index in [4.69, 9.17) is 9.73 Å². The van der Waals surface area contributed by atoms with E-state index in [0.29, 0.717) is 22.3 Å². The number of hydrogen-bond acceptors (Lipinski definition) is 6. The molecule has 0 radical (unpaired) electrons. The standard InChI is InChI=1S/C28H27BrN4O3S/c1-17-8-7-9-18(2)26(17)31-25(34)16-24-27(35)33(32-19(3)20-12-14-21(29)15-13-20)28(37-24)30-22-10-5-6-11-23(22)36-4/h5-15,24H,16H2,1-4H3,(H,31,34)/b30-28?,32-19+. The summed E-state index contributed by atoms with van der Waals surface area (Å²) in [7, 11) is 1.57. The molecule has 0 aliphatic carbocycles. The normalized spacial score (nSPS) is 16.8. The highest BCUT2D eigenvalue weighted by Gasteiger charge is 2.40. The number of methoxy groups -OCH3 is 1. The van der Waals surface area contributed by atoms with Gasteiger partial charge < -0.3 is 10.1 Å². The molecule has 1 saturated heterocycles. The fraction of sp³-hybridized carbons (Fsp3) is 0.214. The van der Waals surface area contributed by atoms with Gasteiger partial charge in [0.1, 0.15) is 16.7 Å². The van der Waals surface area contributed by atoms with Gasteiger partial charge in [-0.05, 0) is 61.7 Å². The van der Waals surface area contributed by atoms with Gasteiger partial charge in [-0.2, -0.15) is 10.1 Å². The summed E-state index contributed by atoms with van der Waals surface area (Å²) in [6.45, 7) is 5.72. The van der Waals surface area contributed by atoms with Crippen LogP contribution < -0.4 is 10.1 Å². The Kier molecular flexibility index (Phi) is 8.45. The van der Waals surface area contributed by atoms with Gasteiger partial charge >= 0.3 is 0 Å². The molecule has 1 aliphatic heterocycles. The molecule has 3 aromatic carbocycles. The van der Waals surface area contributed by atoms with Crippen LogP contribution >= 0.6 is 27.7 Å². The topological polar surface area (TPSA) is 83.4 Å². The predicted molar refractivity (Wildman–Crippen MR) is 154 cm³/mol. The Balaban J connectivity index is 1.64. The fourth-order valence-electron chi connectivity index (χ4n) is 3.85. The molecule has 1 aliphatic rings. The van der Waals surface area contributed by atoms with Gasteiger partial charge in [0.15, 0.2) is 5.17 Å². The zero-order valence-corrected chi connectivity index (χ0v) is 23.4. The molecule has 4 rings (SSSR count). The Morgan fingerprint density at radius 2 is 1.73 bits per heavy atom. The van der Waals surface area contributed by atoms with E-state index in [1.54, 1.807) is 19.2 Å². The number of rotatable bonds is 7. The lowest BCUT2D eigenvalue weighted by molar-refractivity contribution is -0.128. The highest BCUT2D eigenvalue weighted by atomic mass is 79.9. The van der Waals surface area contributed by atoms with E-state index in [1.807, 2.05) is 75.4 Å². The van der Waals surface area contributed by atoms with Crippen molar-refractivity contribution in [1.82, 2.24) is 5.01 Å². The molecule has 1 fully saturated rings. The van der Waals surface area contributed by atoms with Crippen LogP contribution in [0.1, 0.15) is 30.0 Å². The Morgan fingerprint density at radius 1 is 1.05 bits per heavy atom. The first kappa shape index (κ1) is 26.6. The van der Waals surface area contributed by atoms with Crippen LogP contribution in [0.15, 0.2) is 81.3 Å². The van der Waals surface area contributed by atoms with Crippen LogP contribution in [0.5, 0.6) is 5.75 Å². The third-order valence-corrected chi connectivity index (χ3v) is 7.50. The van der Waals surface area contributed by atoms with Gasteiger partial charge in [0, 0.05) is 16.6 Å². The highest BCUT2D eigenvalue weighted by Crippen LogP contribution is 2.35. The van der Waals surface area contributed by atoms with Crippen LogP contribution in [0.25, 0.3) is 0 Å². The smallest absolute Gasteiger partial charge is 0.263 e. The van der Waals surface area contributed by atoms with E-state index in [2.05, 4.69) is 26.3 Å². The van der Waals surface area contributed by atoms with E-state index in [0.717, 1.165) is 26.9 Å². The van der Waals surface area contributed by atoms with Gasteiger partial charge in [-0.15, -0.1) is 0 Å². The number of benzene rings is 3. The van der Waals surface area contributed by atoms with E-state index in [1.165, 1.54) is 16.8 Å². The number of hydrogen-bond donors (Lipinski definition) is 1. The second-order valence-electron chi connectivity index (χ2n) is 8.53. The number of anilines is 1. The quantitative estimate of drug-likeness (QED) is 0.326. The first-order valence-corrected chi connectivity index (χ1v) is 13.3. The maximum Gasteiger partial charge on any atom is 0.263 e. The van der Waals surface area contributed by atoms with Crippen molar-refractivity contribution in [3.63, 3.8) is 0 Å². The number of halogens is 1. The van der Waals surface area contributed by atoms with Crippen molar-refractivity contribution in [2.45, 2.75) is 32.4 Å². The Labute approximate surface area is 229 Å². The summed E-state index contributed by atoms with van der Waals surface area (Å²) in [4.78, 5) is 31.2. The SMILES string of the molecule is COc1ccccc1N=C1SC(CC(=O)Nc2c(C)cccc2C)C(=O)N1/N=C(\C)c1ccc(Br)cc1. The van der Waals surface area contributed by atoms with Crippen molar-refractivity contribution in [2.75, 3.05) is 12.4 Å². The number of carbonyl (C=O) groups excluding carboxylic acids is 2. The van der Waals surface area contributed by atoms with Crippen molar-refractivity contribution in [2.24, 2.45) is 10.1 Å². The molecule has 0 bridgehead atoms. The number of nitrogens with zero attached hydrogens (tertiary/aromatic N) is 3. The van der Waals surface area contributed by atoms with Crippen molar-refractivity contribution >= 4 is 61.8 Å². The molecule has 1 heterocycles. The molecule has 0 aromatic heterocycles. The highest BCUT2D eigenvalue weighted by molar-refractivity contribution is 9.10. The molecule has 0 spiro atoms. The number of nitrogens with one attached hydrogen (secondary N) is 1. The Hall–Kier alpha value is -3.43. The van der Waals surface area contributed by atoms with Crippen molar-refractivity contribution in [3.05, 3.63) is 87.9 Å².